The molecule has 1 fully saturated rings. The maximum Gasteiger partial charge on any atom is 0.271 e. The van der Waals surface area contributed by atoms with E-state index in [1.54, 1.807) is 22.5 Å². The van der Waals surface area contributed by atoms with Gasteiger partial charge in [0, 0.05) is 42.9 Å². The van der Waals surface area contributed by atoms with Crippen LogP contribution in [0.15, 0.2) is 45.6 Å². The molecule has 0 aliphatic heterocycles. The largest absolute Gasteiger partial charge is 0.322 e. The third-order valence-electron chi connectivity index (χ3n) is 6.61. The molecule has 202 valence electrons. The Morgan fingerprint density at radius 3 is 2.68 bits per heavy atom. The molecule has 2 atom stereocenters. The number of hydrogen-bond donors (Lipinski definition) is 1. The van der Waals surface area contributed by atoms with Crippen LogP contribution in [0.5, 0.6) is 0 Å². The lowest BCUT2D eigenvalue weighted by Crippen LogP contribution is -2.34. The molecule has 0 radical (unpaired) electrons. The normalized spacial score (nSPS) is 18.8. The van der Waals surface area contributed by atoms with Gasteiger partial charge in [-0.05, 0) is 62.5 Å². The number of aromatic amines is 1. The summed E-state index contributed by atoms with van der Waals surface area (Å²) in [6.45, 7) is 7.95. The molecule has 0 spiro atoms. The van der Waals surface area contributed by atoms with Gasteiger partial charge in [-0.15, -0.1) is 0 Å². The molecule has 8 heteroatoms. The minimum Gasteiger partial charge on any atom is -0.322 e. The summed E-state index contributed by atoms with van der Waals surface area (Å²) in [4.78, 5) is 27.2. The molecule has 1 N–H and O–H groups in total. The molecule has 2 unspecified atom stereocenters. The Morgan fingerprint density at radius 1 is 1.35 bits per heavy atom. The number of halogens is 2. The average Bonchev–Trinajstić information content (AvgIpc) is 3.67. The quantitative estimate of drug-likeness (QED) is 0.245. The molecule has 1 heterocycles. The number of alkyl halides is 2. The second kappa shape index (κ2) is 12.3. The van der Waals surface area contributed by atoms with E-state index in [4.69, 9.17) is 0 Å². The zero-order valence-corrected chi connectivity index (χ0v) is 23.0. The molecule has 1 saturated carbocycles. The second-order valence-electron chi connectivity index (χ2n) is 10.2. The van der Waals surface area contributed by atoms with E-state index >= 15 is 0 Å². The molecule has 2 aliphatic rings. The van der Waals surface area contributed by atoms with Crippen LogP contribution in [-0.2, 0) is 20.4 Å². The Labute approximate surface area is 219 Å². The van der Waals surface area contributed by atoms with Gasteiger partial charge in [0.15, 0.2) is 0 Å². The van der Waals surface area contributed by atoms with Crippen molar-refractivity contribution < 1.29 is 17.8 Å². The van der Waals surface area contributed by atoms with Gasteiger partial charge in [-0.3, -0.25) is 4.79 Å². The Hall–Kier alpha value is -2.54. The lowest BCUT2D eigenvalue weighted by molar-refractivity contribution is 0.0170. The Balaban J connectivity index is 1.87. The van der Waals surface area contributed by atoms with Gasteiger partial charge < -0.3 is 4.98 Å². The topological polar surface area (TPSA) is 70.2 Å². The van der Waals surface area contributed by atoms with E-state index in [2.05, 4.69) is 4.98 Å². The molecule has 0 aromatic carbocycles. The Kier molecular flexibility index (Phi) is 9.68. The fraction of sp³-hybridized carbons (Fsp3) is 0.517. The zero-order chi connectivity index (χ0) is 27.2. The number of rotatable bonds is 12. The van der Waals surface area contributed by atoms with E-state index < -0.39 is 21.2 Å². The molecule has 37 heavy (non-hydrogen) atoms. The fourth-order valence-corrected chi connectivity index (χ4v) is 6.62. The number of pyridine rings is 1. The summed E-state index contributed by atoms with van der Waals surface area (Å²) in [6, 6.07) is 0.966. The number of hydrogen-bond acceptors (Lipinski definition) is 3. The number of nitrogens with zero attached hydrogens (tertiary/aromatic N) is 1. The maximum atomic E-state index is 14.3. The first-order valence-electron chi connectivity index (χ1n) is 13.1. The molecule has 1 aromatic rings. The van der Waals surface area contributed by atoms with Crippen LogP contribution in [0.1, 0.15) is 83.0 Å². The summed E-state index contributed by atoms with van der Waals surface area (Å²) in [7, 11) is -3.13. The van der Waals surface area contributed by atoms with E-state index in [0.29, 0.717) is 54.4 Å². The molecule has 0 amide bonds. The Morgan fingerprint density at radius 2 is 2.08 bits per heavy atom. The number of carbonyl (C=O) groups excluding carboxylic acids is 1. The number of H-pyrrole nitrogens is 1. The molecular formula is C29H38F2N2O3S. The van der Waals surface area contributed by atoms with E-state index in [9.17, 15) is 22.6 Å². The molecule has 3 rings (SSSR count). The number of aromatic nitrogens is 1. The van der Waals surface area contributed by atoms with E-state index in [0.717, 1.165) is 37.8 Å². The molecule has 5 nitrogen and oxygen atoms in total. The van der Waals surface area contributed by atoms with Crippen LogP contribution < -0.4 is 5.56 Å². The van der Waals surface area contributed by atoms with Crippen molar-refractivity contribution in [2.75, 3.05) is 13.1 Å². The van der Waals surface area contributed by atoms with Gasteiger partial charge in [0.05, 0.1) is 4.91 Å². The number of nitrogens with one attached hydrogen (secondary N) is 1. The van der Waals surface area contributed by atoms with Crippen molar-refractivity contribution >= 4 is 27.1 Å². The molecule has 1 aromatic heterocycles. The first kappa shape index (κ1) is 29.0. The van der Waals surface area contributed by atoms with Crippen LogP contribution in [0.4, 0.5) is 8.78 Å². The number of allylic oxidation sites excluding steroid dienone is 5. The average molecular weight is 533 g/mol. The first-order valence-corrected chi connectivity index (χ1v) is 14.6. The van der Waals surface area contributed by atoms with Crippen molar-refractivity contribution in [1.29, 1.82) is 0 Å². The zero-order valence-electron chi connectivity index (χ0n) is 22.2. The Bertz CT molecular complexity index is 1300. The fourth-order valence-electron chi connectivity index (χ4n) is 4.60. The lowest BCUT2D eigenvalue weighted by Gasteiger charge is -2.25. The van der Waals surface area contributed by atoms with Gasteiger partial charge in [0.2, 0.25) is 10.8 Å². The van der Waals surface area contributed by atoms with Crippen molar-refractivity contribution in [3.63, 3.8) is 0 Å². The summed E-state index contributed by atoms with van der Waals surface area (Å²) in [6.07, 6.45) is 15.6. The minimum absolute atomic E-state index is 0.00633. The molecule has 0 bridgehead atoms. The summed E-state index contributed by atoms with van der Waals surface area (Å²) in [5, 5.41) is 1.89. The van der Waals surface area contributed by atoms with E-state index in [1.165, 1.54) is 0 Å². The van der Waals surface area contributed by atoms with Crippen molar-refractivity contribution in [3.8, 4) is 0 Å². The second-order valence-corrected chi connectivity index (χ2v) is 12.4. The van der Waals surface area contributed by atoms with Gasteiger partial charge in [0.1, 0.15) is 9.71 Å². The molecule has 0 saturated heterocycles. The van der Waals surface area contributed by atoms with E-state index in [-0.39, 0.29) is 11.5 Å². The van der Waals surface area contributed by atoms with Gasteiger partial charge in [-0.1, -0.05) is 50.6 Å². The smallest absolute Gasteiger partial charge is 0.271 e. The summed E-state index contributed by atoms with van der Waals surface area (Å²) < 4.78 is 44.3. The highest BCUT2D eigenvalue weighted by molar-refractivity contribution is 8.02. The van der Waals surface area contributed by atoms with Crippen LogP contribution >= 0.6 is 0 Å². The SMILES string of the molecule is CC/C=C(\C=C/C(C)CC1=Cc2c(C(C)(F)F)cc(=O)[nH]c2C=CC1)S(=O)(=C=O)N(CCC)CC1CC1. The number of fused-ring (bicyclic) bond motifs is 1. The van der Waals surface area contributed by atoms with Crippen molar-refractivity contribution in [1.82, 2.24) is 9.29 Å². The van der Waals surface area contributed by atoms with Crippen molar-refractivity contribution in [3.05, 3.63) is 68.0 Å². The van der Waals surface area contributed by atoms with Crippen LogP contribution in [0, 0.1) is 11.8 Å². The predicted octanol–water partition coefficient (Wildman–Crippen LogP) is 6.55. The van der Waals surface area contributed by atoms with Crippen LogP contribution in [0.2, 0.25) is 0 Å². The third-order valence-corrected chi connectivity index (χ3v) is 8.83. The summed E-state index contributed by atoms with van der Waals surface area (Å²) in [5.41, 5.74) is 0.794. The molecule has 2 aliphatic carbocycles. The highest BCUT2D eigenvalue weighted by atomic mass is 32.2. The third kappa shape index (κ3) is 7.50. The van der Waals surface area contributed by atoms with Crippen molar-refractivity contribution in [2.24, 2.45) is 11.8 Å². The van der Waals surface area contributed by atoms with Crippen LogP contribution in [0.3, 0.4) is 0 Å². The standard InChI is InChI=1S/C29H38F2N2O3S/c1-5-8-24(37(36,20-34)33(15-6-2)19-22-12-13-22)14-11-21(3)16-23-9-7-10-27-25(17-23)26(29(4,30)31)18-28(35)32-27/h7-8,10-11,14,17-18,21-22H,5-6,9,12-13,15-16,19H2,1-4H3,(H,32,35)/b14-11-,24-8+. The van der Waals surface area contributed by atoms with Gasteiger partial charge in [-0.2, -0.15) is 0 Å². The van der Waals surface area contributed by atoms with Gasteiger partial charge >= 0.3 is 0 Å². The highest BCUT2D eigenvalue weighted by Crippen LogP contribution is 2.35. The predicted molar refractivity (Wildman–Crippen MR) is 148 cm³/mol. The van der Waals surface area contributed by atoms with Crippen LogP contribution in [-0.4, -0.2) is 31.8 Å². The first-order chi connectivity index (χ1) is 17.5. The highest BCUT2D eigenvalue weighted by Gasteiger charge is 2.31. The van der Waals surface area contributed by atoms with Gasteiger partial charge in [0.25, 0.3) is 5.92 Å². The van der Waals surface area contributed by atoms with Crippen molar-refractivity contribution in [2.45, 2.75) is 72.1 Å². The van der Waals surface area contributed by atoms with Crippen LogP contribution in [0.25, 0.3) is 12.2 Å². The lowest BCUT2D eigenvalue weighted by atomic mass is 9.95. The minimum atomic E-state index is -3.15. The molecular weight excluding hydrogens is 494 g/mol. The summed E-state index contributed by atoms with van der Waals surface area (Å²) in [5.74, 6) is -2.67. The van der Waals surface area contributed by atoms with Gasteiger partial charge in [-0.25, -0.2) is 22.1 Å². The monoisotopic (exact) mass is 532 g/mol. The maximum absolute atomic E-state index is 14.3. The summed E-state index contributed by atoms with van der Waals surface area (Å²) >= 11 is 0. The van der Waals surface area contributed by atoms with E-state index in [1.807, 2.05) is 44.2 Å².